The highest BCUT2D eigenvalue weighted by Crippen LogP contribution is 2.39. The van der Waals surface area contributed by atoms with Crippen molar-refractivity contribution in [1.82, 2.24) is 0 Å². The molecule has 1 aliphatic heterocycles. The normalized spacial score (nSPS) is 16.1. The zero-order valence-electron chi connectivity index (χ0n) is 15.6. The number of benzene rings is 2. The van der Waals surface area contributed by atoms with Crippen LogP contribution in [0.2, 0.25) is 0 Å². The van der Waals surface area contributed by atoms with Crippen molar-refractivity contribution >= 4 is 22.9 Å². The Hall–Kier alpha value is -2.79. The maximum absolute atomic E-state index is 9.59. The van der Waals surface area contributed by atoms with Crippen LogP contribution in [0.3, 0.4) is 0 Å². The quantitative estimate of drug-likeness (QED) is 0.523. The molecule has 3 rings (SSSR count). The fourth-order valence-electron chi connectivity index (χ4n) is 3.43. The van der Waals surface area contributed by atoms with E-state index in [-0.39, 0.29) is 5.54 Å². The summed E-state index contributed by atoms with van der Waals surface area (Å²) in [5, 5.41) is 9.59. The van der Waals surface area contributed by atoms with Crippen molar-refractivity contribution in [3.63, 3.8) is 0 Å². The van der Waals surface area contributed by atoms with Gasteiger partial charge in [-0.15, -0.1) is 0 Å². The first-order chi connectivity index (χ1) is 11.8. The first-order valence-corrected chi connectivity index (χ1v) is 8.59. The molecule has 2 heteroatoms. The monoisotopic (exact) mass is 328 g/mol. The lowest BCUT2D eigenvalue weighted by atomic mass is 9.87. The number of rotatable bonds is 2. The Morgan fingerprint density at radius 2 is 1.80 bits per heavy atom. The molecule has 2 nitrogen and oxygen atoms in total. The Morgan fingerprint density at radius 3 is 2.44 bits per heavy atom. The van der Waals surface area contributed by atoms with Crippen LogP contribution in [0.25, 0.3) is 17.2 Å². The molecule has 0 saturated heterocycles. The Kier molecular flexibility index (Phi) is 4.27. The van der Waals surface area contributed by atoms with Crippen LogP contribution in [0.4, 0.5) is 5.69 Å². The third-order valence-corrected chi connectivity index (χ3v) is 5.11. The molecule has 0 atom stereocenters. The van der Waals surface area contributed by atoms with E-state index in [9.17, 15) is 5.26 Å². The number of likely N-dealkylation sites (N-methyl/N-ethyl adjacent to an activating group) is 1. The molecule has 2 aromatic rings. The molecule has 126 valence electrons. The topological polar surface area (TPSA) is 27.0 Å². The number of hydrogen-bond donors (Lipinski definition) is 0. The van der Waals surface area contributed by atoms with Gasteiger partial charge < -0.3 is 4.90 Å². The van der Waals surface area contributed by atoms with Crippen LogP contribution in [-0.4, -0.2) is 12.6 Å². The highest BCUT2D eigenvalue weighted by molar-refractivity contribution is 5.92. The Morgan fingerprint density at radius 1 is 1.12 bits per heavy atom. The third kappa shape index (κ3) is 3.10. The standard InChI is InChI=1S/C23H24N2/c1-16-11-22-21(17(2)14-23(3,4)25(22)5)13-19(16)12-20(15-24)18-9-7-6-8-10-18/h6-14H,1-5H3/b20-12-. The minimum atomic E-state index is 0.00271. The maximum atomic E-state index is 9.59. The van der Waals surface area contributed by atoms with Crippen LogP contribution in [0.1, 0.15) is 43.0 Å². The van der Waals surface area contributed by atoms with Gasteiger partial charge in [0.25, 0.3) is 0 Å². The zero-order valence-corrected chi connectivity index (χ0v) is 15.6. The fourth-order valence-corrected chi connectivity index (χ4v) is 3.43. The number of hydrogen-bond acceptors (Lipinski definition) is 2. The lowest BCUT2D eigenvalue weighted by Gasteiger charge is -2.41. The molecular formula is C23H24N2. The van der Waals surface area contributed by atoms with E-state index in [1.165, 1.54) is 22.4 Å². The van der Waals surface area contributed by atoms with Crippen molar-refractivity contribution in [2.45, 2.75) is 33.2 Å². The number of nitriles is 1. The molecule has 0 unspecified atom stereocenters. The second kappa shape index (κ2) is 6.26. The lowest BCUT2D eigenvalue weighted by Crippen LogP contribution is -2.42. The summed E-state index contributed by atoms with van der Waals surface area (Å²) in [6.45, 7) is 8.73. The van der Waals surface area contributed by atoms with Crippen molar-refractivity contribution in [2.24, 2.45) is 0 Å². The summed E-state index contributed by atoms with van der Waals surface area (Å²) in [5.41, 5.74) is 7.69. The molecule has 25 heavy (non-hydrogen) atoms. The predicted octanol–water partition coefficient (Wildman–Crippen LogP) is 5.69. The van der Waals surface area contributed by atoms with E-state index >= 15 is 0 Å². The first-order valence-electron chi connectivity index (χ1n) is 8.59. The van der Waals surface area contributed by atoms with Crippen LogP contribution in [0.15, 0.2) is 48.5 Å². The van der Waals surface area contributed by atoms with Gasteiger partial charge in [-0.1, -0.05) is 36.4 Å². The molecule has 0 spiro atoms. The SMILES string of the molecule is CC1=CC(C)(C)N(C)c2cc(C)c(/C=C(/C#N)c3ccccc3)cc21. The number of nitrogens with zero attached hydrogens (tertiary/aromatic N) is 2. The molecule has 0 N–H and O–H groups in total. The van der Waals surface area contributed by atoms with E-state index in [1.54, 1.807) is 0 Å². The maximum Gasteiger partial charge on any atom is 0.0998 e. The van der Waals surface area contributed by atoms with Crippen LogP contribution in [0.5, 0.6) is 0 Å². The lowest BCUT2D eigenvalue weighted by molar-refractivity contribution is 0.597. The van der Waals surface area contributed by atoms with Crippen LogP contribution >= 0.6 is 0 Å². The highest BCUT2D eigenvalue weighted by atomic mass is 15.2. The molecule has 1 aliphatic rings. The molecule has 0 aromatic heterocycles. The van der Waals surface area contributed by atoms with Gasteiger partial charge in [-0.25, -0.2) is 0 Å². The third-order valence-electron chi connectivity index (χ3n) is 5.11. The summed E-state index contributed by atoms with van der Waals surface area (Å²) in [4.78, 5) is 2.32. The van der Waals surface area contributed by atoms with Gasteiger partial charge >= 0.3 is 0 Å². The summed E-state index contributed by atoms with van der Waals surface area (Å²) in [7, 11) is 2.14. The van der Waals surface area contributed by atoms with Crippen molar-refractivity contribution in [2.75, 3.05) is 11.9 Å². The molecule has 0 radical (unpaired) electrons. The van der Waals surface area contributed by atoms with E-state index in [0.29, 0.717) is 5.57 Å². The minimum absolute atomic E-state index is 0.00271. The van der Waals surface area contributed by atoms with Gasteiger partial charge in [0.05, 0.1) is 17.2 Å². The fraction of sp³-hybridized carbons (Fsp3) is 0.261. The molecule has 2 aromatic carbocycles. The van der Waals surface area contributed by atoms with Crippen molar-refractivity contribution in [3.05, 3.63) is 70.8 Å². The smallest absolute Gasteiger partial charge is 0.0998 e. The summed E-state index contributed by atoms with van der Waals surface area (Å²) in [6, 6.07) is 16.6. The van der Waals surface area contributed by atoms with E-state index in [2.05, 4.69) is 63.9 Å². The minimum Gasteiger partial charge on any atom is -0.365 e. The number of aryl methyl sites for hydroxylation is 1. The molecule has 1 heterocycles. The molecule has 0 saturated carbocycles. The number of allylic oxidation sites excluding steroid dienone is 2. The summed E-state index contributed by atoms with van der Waals surface area (Å²) >= 11 is 0. The summed E-state index contributed by atoms with van der Waals surface area (Å²) in [5.74, 6) is 0. The molecular weight excluding hydrogens is 304 g/mol. The zero-order chi connectivity index (χ0) is 18.2. The molecule has 0 fully saturated rings. The van der Waals surface area contributed by atoms with Crippen molar-refractivity contribution < 1.29 is 0 Å². The number of anilines is 1. The Labute approximate surface area is 150 Å². The van der Waals surface area contributed by atoms with E-state index < -0.39 is 0 Å². The van der Waals surface area contributed by atoms with E-state index in [1.807, 2.05) is 36.4 Å². The highest BCUT2D eigenvalue weighted by Gasteiger charge is 2.28. The van der Waals surface area contributed by atoms with Gasteiger partial charge in [0.15, 0.2) is 0 Å². The second-order valence-corrected chi connectivity index (χ2v) is 7.30. The van der Waals surface area contributed by atoms with Crippen LogP contribution in [-0.2, 0) is 0 Å². The van der Waals surface area contributed by atoms with Gasteiger partial charge in [-0.2, -0.15) is 5.26 Å². The number of fused-ring (bicyclic) bond motifs is 1. The summed E-state index contributed by atoms with van der Waals surface area (Å²) in [6.07, 6.45) is 4.30. The Balaban J connectivity index is 2.13. The summed E-state index contributed by atoms with van der Waals surface area (Å²) < 4.78 is 0. The average molecular weight is 328 g/mol. The van der Waals surface area contributed by atoms with Crippen molar-refractivity contribution in [1.29, 1.82) is 5.26 Å². The molecule has 0 amide bonds. The molecule has 0 bridgehead atoms. The largest absolute Gasteiger partial charge is 0.365 e. The predicted molar refractivity (Wildman–Crippen MR) is 107 cm³/mol. The second-order valence-electron chi connectivity index (χ2n) is 7.30. The Bertz CT molecular complexity index is 909. The van der Waals surface area contributed by atoms with Crippen LogP contribution in [0, 0.1) is 18.3 Å². The van der Waals surface area contributed by atoms with Gasteiger partial charge in [0.1, 0.15) is 0 Å². The van der Waals surface area contributed by atoms with Gasteiger partial charge in [0, 0.05) is 18.3 Å². The van der Waals surface area contributed by atoms with Gasteiger partial charge in [-0.3, -0.25) is 0 Å². The molecule has 0 aliphatic carbocycles. The van der Waals surface area contributed by atoms with Gasteiger partial charge in [-0.05, 0) is 68.2 Å². The van der Waals surface area contributed by atoms with Gasteiger partial charge in [0.2, 0.25) is 0 Å². The van der Waals surface area contributed by atoms with E-state index in [0.717, 1.165) is 11.1 Å². The van der Waals surface area contributed by atoms with E-state index in [4.69, 9.17) is 0 Å². The first kappa shape index (κ1) is 17.0. The van der Waals surface area contributed by atoms with Crippen LogP contribution < -0.4 is 4.90 Å². The van der Waals surface area contributed by atoms with Crippen molar-refractivity contribution in [3.8, 4) is 6.07 Å². The average Bonchev–Trinajstić information content (AvgIpc) is 2.59.